The number of aldehydes is 1. The molecule has 0 rings (SSSR count). The molecule has 0 bridgehead atoms. The molecule has 0 aliphatic heterocycles. The van der Waals surface area contributed by atoms with E-state index in [0.717, 1.165) is 32.2 Å². The second kappa shape index (κ2) is 6.14. The highest BCUT2D eigenvalue weighted by atomic mass is 16.5. The molecule has 0 aliphatic carbocycles. The molecule has 78 valence electrons. The molecule has 0 amide bonds. The van der Waals surface area contributed by atoms with E-state index in [1.54, 1.807) is 0 Å². The van der Waals surface area contributed by atoms with E-state index in [1.807, 2.05) is 6.92 Å². The Bertz CT molecular complexity index is 136. The van der Waals surface area contributed by atoms with Crippen LogP contribution in [0.3, 0.4) is 0 Å². The molecule has 2 nitrogen and oxygen atoms in total. The molecule has 0 heterocycles. The third-order valence-corrected chi connectivity index (χ3v) is 1.82. The Hall–Kier alpha value is -0.370. The van der Waals surface area contributed by atoms with Crippen LogP contribution < -0.4 is 0 Å². The van der Waals surface area contributed by atoms with Crippen LogP contribution in [0.25, 0.3) is 0 Å². The van der Waals surface area contributed by atoms with Crippen molar-refractivity contribution in [3.8, 4) is 0 Å². The third kappa shape index (κ3) is 9.54. The molecule has 2 heteroatoms. The first-order valence-electron chi connectivity index (χ1n) is 5.05. The van der Waals surface area contributed by atoms with Gasteiger partial charge >= 0.3 is 0 Å². The summed E-state index contributed by atoms with van der Waals surface area (Å²) in [5, 5.41) is 0. The zero-order valence-electron chi connectivity index (χ0n) is 9.30. The molecule has 1 atom stereocenters. The molecule has 0 N–H and O–H groups in total. The number of hydrogen-bond donors (Lipinski definition) is 0. The second-order valence-electron chi connectivity index (χ2n) is 4.57. The van der Waals surface area contributed by atoms with Crippen LogP contribution in [0.4, 0.5) is 0 Å². The molecule has 0 saturated carbocycles. The van der Waals surface area contributed by atoms with Crippen molar-refractivity contribution in [3.05, 3.63) is 0 Å². The van der Waals surface area contributed by atoms with Gasteiger partial charge in [-0.1, -0.05) is 13.3 Å². The van der Waals surface area contributed by atoms with Gasteiger partial charge < -0.3 is 9.53 Å². The lowest BCUT2D eigenvalue weighted by atomic mass is 10.1. The summed E-state index contributed by atoms with van der Waals surface area (Å²) in [5.41, 5.74) is -0.0315. The summed E-state index contributed by atoms with van der Waals surface area (Å²) in [6, 6.07) is 0. The number of hydrogen-bond acceptors (Lipinski definition) is 2. The number of rotatable bonds is 6. The lowest BCUT2D eigenvalue weighted by Crippen LogP contribution is -2.19. The average molecular weight is 186 g/mol. The summed E-state index contributed by atoms with van der Waals surface area (Å²) < 4.78 is 5.56. The van der Waals surface area contributed by atoms with Gasteiger partial charge in [-0.2, -0.15) is 0 Å². The summed E-state index contributed by atoms with van der Waals surface area (Å²) >= 11 is 0. The molecule has 0 aromatic heterocycles. The largest absolute Gasteiger partial charge is 0.376 e. The van der Waals surface area contributed by atoms with Gasteiger partial charge in [0, 0.05) is 12.5 Å². The fourth-order valence-electron chi connectivity index (χ4n) is 1.01. The first-order chi connectivity index (χ1) is 5.95. The van der Waals surface area contributed by atoms with Crippen molar-refractivity contribution in [2.45, 2.75) is 52.6 Å². The van der Waals surface area contributed by atoms with Crippen LogP contribution in [0, 0.1) is 5.92 Å². The number of carbonyl (C=O) groups is 1. The lowest BCUT2D eigenvalue weighted by molar-refractivity contribution is -0.110. The Morgan fingerprint density at radius 1 is 1.31 bits per heavy atom. The smallest absolute Gasteiger partial charge is 0.122 e. The van der Waals surface area contributed by atoms with E-state index < -0.39 is 0 Å². The SMILES string of the molecule is CC(C=O)CCCCOC(C)(C)C. The molecule has 0 spiro atoms. The molecule has 0 saturated heterocycles. The van der Waals surface area contributed by atoms with Crippen LogP contribution in [0.2, 0.25) is 0 Å². The van der Waals surface area contributed by atoms with E-state index in [0.29, 0.717) is 0 Å². The maximum Gasteiger partial charge on any atom is 0.122 e. The molecule has 0 radical (unpaired) electrons. The zero-order chi connectivity index (χ0) is 10.3. The minimum absolute atomic E-state index is 0.0315. The van der Waals surface area contributed by atoms with Crippen LogP contribution in [0.15, 0.2) is 0 Å². The minimum atomic E-state index is -0.0315. The van der Waals surface area contributed by atoms with Crippen molar-refractivity contribution in [2.24, 2.45) is 5.92 Å². The van der Waals surface area contributed by atoms with Crippen LogP contribution in [0.5, 0.6) is 0 Å². The summed E-state index contributed by atoms with van der Waals surface area (Å²) in [6.07, 6.45) is 4.13. The fraction of sp³-hybridized carbons (Fsp3) is 0.909. The summed E-state index contributed by atoms with van der Waals surface area (Å²) in [7, 11) is 0. The van der Waals surface area contributed by atoms with Crippen molar-refractivity contribution >= 4 is 6.29 Å². The first-order valence-corrected chi connectivity index (χ1v) is 5.05. The van der Waals surface area contributed by atoms with Crippen molar-refractivity contribution < 1.29 is 9.53 Å². The number of ether oxygens (including phenoxy) is 1. The second-order valence-corrected chi connectivity index (χ2v) is 4.57. The maximum absolute atomic E-state index is 10.3. The van der Waals surface area contributed by atoms with Gasteiger partial charge in [-0.25, -0.2) is 0 Å². The van der Waals surface area contributed by atoms with E-state index in [2.05, 4.69) is 20.8 Å². The normalized spacial score (nSPS) is 14.2. The Labute approximate surface area is 81.7 Å². The average Bonchev–Trinajstić information content (AvgIpc) is 2.01. The van der Waals surface area contributed by atoms with E-state index >= 15 is 0 Å². The Balaban J connectivity index is 3.22. The number of unbranched alkanes of at least 4 members (excludes halogenated alkanes) is 1. The molecule has 1 unspecified atom stereocenters. The molecule has 0 aromatic carbocycles. The topological polar surface area (TPSA) is 26.3 Å². The van der Waals surface area contributed by atoms with Crippen LogP contribution >= 0.6 is 0 Å². The highest BCUT2D eigenvalue weighted by Gasteiger charge is 2.08. The lowest BCUT2D eigenvalue weighted by Gasteiger charge is -2.19. The quantitative estimate of drug-likeness (QED) is 0.471. The molecule has 0 aromatic rings. The standard InChI is InChI=1S/C11H22O2/c1-10(9-12)7-5-6-8-13-11(2,3)4/h9-10H,5-8H2,1-4H3. The predicted molar refractivity (Wildman–Crippen MR) is 54.8 cm³/mol. The van der Waals surface area contributed by atoms with E-state index in [9.17, 15) is 4.79 Å². The Kier molecular flexibility index (Phi) is 5.97. The Morgan fingerprint density at radius 2 is 1.92 bits per heavy atom. The zero-order valence-corrected chi connectivity index (χ0v) is 9.30. The van der Waals surface area contributed by atoms with Crippen molar-refractivity contribution in [3.63, 3.8) is 0 Å². The Morgan fingerprint density at radius 3 is 2.38 bits per heavy atom. The third-order valence-electron chi connectivity index (χ3n) is 1.82. The van der Waals surface area contributed by atoms with Gasteiger partial charge in [0.2, 0.25) is 0 Å². The van der Waals surface area contributed by atoms with Gasteiger partial charge in [-0.05, 0) is 33.6 Å². The van der Waals surface area contributed by atoms with E-state index in [1.165, 1.54) is 0 Å². The monoisotopic (exact) mass is 186 g/mol. The van der Waals surface area contributed by atoms with Crippen LogP contribution in [-0.4, -0.2) is 18.5 Å². The van der Waals surface area contributed by atoms with Gasteiger partial charge in [0.05, 0.1) is 5.60 Å². The summed E-state index contributed by atoms with van der Waals surface area (Å²) in [4.78, 5) is 10.3. The highest BCUT2D eigenvalue weighted by Crippen LogP contribution is 2.10. The van der Waals surface area contributed by atoms with Crippen molar-refractivity contribution in [1.29, 1.82) is 0 Å². The van der Waals surface area contributed by atoms with Gasteiger partial charge in [-0.15, -0.1) is 0 Å². The van der Waals surface area contributed by atoms with Crippen LogP contribution in [0.1, 0.15) is 47.0 Å². The fourth-order valence-corrected chi connectivity index (χ4v) is 1.01. The van der Waals surface area contributed by atoms with E-state index in [4.69, 9.17) is 4.74 Å². The van der Waals surface area contributed by atoms with Gasteiger partial charge in [0.25, 0.3) is 0 Å². The van der Waals surface area contributed by atoms with Crippen molar-refractivity contribution in [2.75, 3.05) is 6.61 Å². The molecule has 13 heavy (non-hydrogen) atoms. The minimum Gasteiger partial charge on any atom is -0.376 e. The predicted octanol–water partition coefficient (Wildman–Crippen LogP) is 2.81. The van der Waals surface area contributed by atoms with Gasteiger partial charge in [0.15, 0.2) is 0 Å². The highest BCUT2D eigenvalue weighted by molar-refractivity contribution is 5.52. The van der Waals surface area contributed by atoms with Crippen LogP contribution in [-0.2, 0) is 9.53 Å². The molecular weight excluding hydrogens is 164 g/mol. The van der Waals surface area contributed by atoms with Crippen molar-refractivity contribution in [1.82, 2.24) is 0 Å². The van der Waals surface area contributed by atoms with Gasteiger partial charge in [-0.3, -0.25) is 0 Å². The maximum atomic E-state index is 10.3. The van der Waals surface area contributed by atoms with Gasteiger partial charge in [0.1, 0.15) is 6.29 Å². The molecular formula is C11H22O2. The van der Waals surface area contributed by atoms with E-state index in [-0.39, 0.29) is 11.5 Å². The summed E-state index contributed by atoms with van der Waals surface area (Å²) in [6.45, 7) is 8.93. The molecule has 0 aliphatic rings. The number of carbonyl (C=O) groups excluding carboxylic acids is 1. The molecule has 0 fully saturated rings. The summed E-state index contributed by atoms with van der Waals surface area (Å²) in [5.74, 6) is 0.203. The first kappa shape index (κ1) is 12.6.